The van der Waals surface area contributed by atoms with Crippen molar-refractivity contribution in [1.29, 1.82) is 0 Å². The van der Waals surface area contributed by atoms with Crippen LogP contribution in [0.1, 0.15) is 24.9 Å². The summed E-state index contributed by atoms with van der Waals surface area (Å²) < 4.78 is 21.2. The number of carbonyl (C=O) groups excluding carboxylic acids is 1. The van der Waals surface area contributed by atoms with Gasteiger partial charge < -0.3 is 10.1 Å². The van der Waals surface area contributed by atoms with Crippen LogP contribution >= 0.6 is 0 Å². The van der Waals surface area contributed by atoms with Crippen molar-refractivity contribution in [3.63, 3.8) is 0 Å². The number of carbonyl (C=O) groups is 1. The summed E-state index contributed by atoms with van der Waals surface area (Å²) in [6.07, 6.45) is 4.35. The third kappa shape index (κ3) is 4.24. The topological polar surface area (TPSA) is 59.4 Å². The van der Waals surface area contributed by atoms with Gasteiger partial charge in [-0.3, -0.25) is 14.4 Å². The molecule has 1 N–H and O–H groups in total. The van der Waals surface area contributed by atoms with E-state index in [1.807, 2.05) is 23.0 Å². The third-order valence-corrected chi connectivity index (χ3v) is 4.49. The van der Waals surface area contributed by atoms with Crippen molar-refractivity contribution in [3.8, 4) is 0 Å². The lowest BCUT2D eigenvalue weighted by atomic mass is 10.1. The van der Waals surface area contributed by atoms with Crippen LogP contribution in [0.25, 0.3) is 0 Å². The maximum Gasteiger partial charge on any atom is 0.221 e. The molecule has 1 fully saturated rings. The number of likely N-dealkylation sites (tertiary alicyclic amines) is 1. The van der Waals surface area contributed by atoms with Gasteiger partial charge in [-0.1, -0.05) is 18.2 Å². The number of hydrogen-bond donors (Lipinski definition) is 1. The summed E-state index contributed by atoms with van der Waals surface area (Å²) >= 11 is 0. The van der Waals surface area contributed by atoms with Crippen LogP contribution in [-0.2, 0) is 16.1 Å². The summed E-state index contributed by atoms with van der Waals surface area (Å²) in [4.78, 5) is 13.4. The van der Waals surface area contributed by atoms with E-state index in [2.05, 4.69) is 15.3 Å². The molecule has 1 aliphatic rings. The molecule has 0 unspecified atom stereocenters. The molecule has 7 heteroatoms. The zero-order valence-electron chi connectivity index (χ0n) is 14.5. The van der Waals surface area contributed by atoms with Crippen LogP contribution in [-0.4, -0.2) is 46.9 Å². The van der Waals surface area contributed by atoms with E-state index < -0.39 is 0 Å². The van der Waals surface area contributed by atoms with Gasteiger partial charge in [0.05, 0.1) is 24.5 Å². The molecule has 25 heavy (non-hydrogen) atoms. The Labute approximate surface area is 146 Å². The van der Waals surface area contributed by atoms with Gasteiger partial charge in [-0.2, -0.15) is 5.10 Å². The highest BCUT2D eigenvalue weighted by molar-refractivity contribution is 5.88. The van der Waals surface area contributed by atoms with Crippen LogP contribution < -0.4 is 5.32 Å². The van der Waals surface area contributed by atoms with Gasteiger partial charge in [0.15, 0.2) is 0 Å². The maximum atomic E-state index is 14.0. The molecule has 1 aromatic carbocycles. The first kappa shape index (κ1) is 17.6. The summed E-state index contributed by atoms with van der Waals surface area (Å²) in [6, 6.07) is 7.21. The largest absolute Gasteiger partial charge is 0.383 e. The number of benzene rings is 1. The Morgan fingerprint density at radius 3 is 2.96 bits per heavy atom. The van der Waals surface area contributed by atoms with Gasteiger partial charge in [0.25, 0.3) is 0 Å². The van der Waals surface area contributed by atoms with Gasteiger partial charge in [0.2, 0.25) is 5.91 Å². The van der Waals surface area contributed by atoms with Crippen LogP contribution in [0.15, 0.2) is 36.7 Å². The standard InChI is InChI=1S/C18H23FN4O2/c1-13(24)21-15-8-20-23(10-15)16-7-17(12-25-2)22(11-16)9-14-5-3-4-6-18(14)19/h3-6,8,10,16-17H,7,9,11-12H2,1-2H3,(H,21,24)/t16-,17-/m0/s1. The summed E-state index contributed by atoms with van der Waals surface area (Å²) in [5, 5.41) is 7.10. The summed E-state index contributed by atoms with van der Waals surface area (Å²) in [6.45, 7) is 3.35. The lowest BCUT2D eigenvalue weighted by Gasteiger charge is -2.23. The Bertz CT molecular complexity index is 733. The van der Waals surface area contributed by atoms with Gasteiger partial charge in [-0.15, -0.1) is 0 Å². The van der Waals surface area contributed by atoms with E-state index in [-0.39, 0.29) is 23.8 Å². The smallest absolute Gasteiger partial charge is 0.221 e. The van der Waals surface area contributed by atoms with Gasteiger partial charge in [0, 0.05) is 44.9 Å². The number of anilines is 1. The molecule has 0 radical (unpaired) electrons. The van der Waals surface area contributed by atoms with E-state index in [1.54, 1.807) is 19.4 Å². The van der Waals surface area contributed by atoms with Crippen molar-refractivity contribution in [3.05, 3.63) is 48.0 Å². The molecule has 2 aromatic rings. The lowest BCUT2D eigenvalue weighted by Crippen LogP contribution is -2.32. The average Bonchev–Trinajstić information content (AvgIpc) is 3.17. The first-order chi connectivity index (χ1) is 12.1. The van der Waals surface area contributed by atoms with Crippen LogP contribution in [0.4, 0.5) is 10.1 Å². The minimum Gasteiger partial charge on any atom is -0.383 e. The minimum absolute atomic E-state index is 0.121. The van der Waals surface area contributed by atoms with Crippen molar-refractivity contribution in [1.82, 2.24) is 14.7 Å². The van der Waals surface area contributed by atoms with Gasteiger partial charge in [0.1, 0.15) is 5.82 Å². The van der Waals surface area contributed by atoms with Crippen molar-refractivity contribution in [2.24, 2.45) is 0 Å². The molecule has 0 saturated carbocycles. The molecule has 0 spiro atoms. The number of nitrogens with one attached hydrogen (secondary N) is 1. The molecular formula is C18H23FN4O2. The molecule has 2 atom stereocenters. The molecular weight excluding hydrogens is 323 g/mol. The Hall–Kier alpha value is -2.25. The molecule has 2 heterocycles. The summed E-state index contributed by atoms with van der Waals surface area (Å²) in [5.74, 6) is -0.307. The van der Waals surface area contributed by atoms with E-state index in [0.717, 1.165) is 13.0 Å². The molecule has 6 nitrogen and oxygen atoms in total. The monoisotopic (exact) mass is 346 g/mol. The first-order valence-electron chi connectivity index (χ1n) is 8.35. The van der Waals surface area contributed by atoms with Crippen molar-refractivity contribution < 1.29 is 13.9 Å². The molecule has 3 rings (SSSR count). The highest BCUT2D eigenvalue weighted by Crippen LogP contribution is 2.29. The normalized spacial score (nSPS) is 20.8. The number of ether oxygens (including phenoxy) is 1. The van der Waals surface area contributed by atoms with E-state index in [4.69, 9.17) is 4.74 Å². The number of aromatic nitrogens is 2. The zero-order chi connectivity index (χ0) is 17.8. The fourth-order valence-electron chi connectivity index (χ4n) is 3.36. The van der Waals surface area contributed by atoms with Gasteiger partial charge >= 0.3 is 0 Å². The van der Waals surface area contributed by atoms with Crippen LogP contribution in [0.3, 0.4) is 0 Å². The van der Waals surface area contributed by atoms with Crippen LogP contribution in [0, 0.1) is 5.82 Å². The highest BCUT2D eigenvalue weighted by Gasteiger charge is 2.33. The van der Waals surface area contributed by atoms with Crippen molar-refractivity contribution in [2.75, 3.05) is 25.6 Å². The molecule has 134 valence electrons. The number of rotatable bonds is 6. The Balaban J connectivity index is 1.72. The molecule has 1 aliphatic heterocycles. The quantitative estimate of drug-likeness (QED) is 0.873. The molecule has 0 aliphatic carbocycles. The Morgan fingerprint density at radius 2 is 2.24 bits per heavy atom. The van der Waals surface area contributed by atoms with E-state index in [1.165, 1.54) is 13.0 Å². The second kappa shape index (κ2) is 7.76. The Morgan fingerprint density at radius 1 is 1.44 bits per heavy atom. The summed E-state index contributed by atoms with van der Waals surface area (Å²) in [5.41, 5.74) is 1.37. The third-order valence-electron chi connectivity index (χ3n) is 4.49. The predicted molar refractivity (Wildman–Crippen MR) is 92.7 cm³/mol. The minimum atomic E-state index is -0.186. The lowest BCUT2D eigenvalue weighted by molar-refractivity contribution is -0.114. The van der Waals surface area contributed by atoms with Crippen LogP contribution in [0.5, 0.6) is 0 Å². The van der Waals surface area contributed by atoms with Crippen LogP contribution in [0.2, 0.25) is 0 Å². The highest BCUT2D eigenvalue weighted by atomic mass is 19.1. The zero-order valence-corrected chi connectivity index (χ0v) is 14.5. The fraction of sp³-hybridized carbons (Fsp3) is 0.444. The molecule has 0 bridgehead atoms. The van der Waals surface area contributed by atoms with E-state index in [9.17, 15) is 9.18 Å². The van der Waals surface area contributed by atoms with E-state index in [0.29, 0.717) is 24.4 Å². The predicted octanol–water partition coefficient (Wildman–Crippen LogP) is 2.44. The Kier molecular flexibility index (Phi) is 5.45. The molecule has 1 aromatic heterocycles. The number of amides is 1. The maximum absolute atomic E-state index is 14.0. The van der Waals surface area contributed by atoms with Gasteiger partial charge in [-0.05, 0) is 12.5 Å². The second-order valence-corrected chi connectivity index (χ2v) is 6.41. The second-order valence-electron chi connectivity index (χ2n) is 6.41. The fourth-order valence-corrected chi connectivity index (χ4v) is 3.36. The SMILES string of the molecule is COC[C@@H]1C[C@H](n2cc(NC(C)=O)cn2)CN1Cc1ccccc1F. The van der Waals surface area contributed by atoms with Crippen molar-refractivity contribution >= 4 is 11.6 Å². The number of nitrogens with zero attached hydrogens (tertiary/aromatic N) is 3. The number of hydrogen-bond acceptors (Lipinski definition) is 4. The average molecular weight is 346 g/mol. The first-order valence-corrected chi connectivity index (χ1v) is 8.35. The summed E-state index contributed by atoms with van der Waals surface area (Å²) in [7, 11) is 1.68. The number of halogens is 1. The van der Waals surface area contributed by atoms with E-state index >= 15 is 0 Å². The molecule has 1 saturated heterocycles. The van der Waals surface area contributed by atoms with Crippen molar-refractivity contribution in [2.45, 2.75) is 32.0 Å². The van der Waals surface area contributed by atoms with Gasteiger partial charge in [-0.25, -0.2) is 4.39 Å². The molecule has 1 amide bonds. The number of methoxy groups -OCH3 is 1.